The van der Waals surface area contributed by atoms with E-state index in [4.69, 9.17) is 0 Å². The summed E-state index contributed by atoms with van der Waals surface area (Å²) >= 11 is 0. The molecule has 0 aliphatic heterocycles. The Morgan fingerprint density at radius 1 is 1.20 bits per heavy atom. The van der Waals surface area contributed by atoms with Crippen LogP contribution in [0, 0.1) is 13.8 Å². The summed E-state index contributed by atoms with van der Waals surface area (Å²) in [6.07, 6.45) is 5.57. The van der Waals surface area contributed by atoms with E-state index in [0.29, 0.717) is 11.6 Å². The summed E-state index contributed by atoms with van der Waals surface area (Å²) in [7, 11) is 0. The van der Waals surface area contributed by atoms with Crippen LogP contribution in [-0.4, -0.2) is 10.8 Å². The number of carbonyl (C=O) groups is 1. The Kier molecular flexibility index (Phi) is 3.39. The monoisotopic (exact) mass is 265 g/mol. The highest BCUT2D eigenvalue weighted by atomic mass is 16.1. The second-order valence-corrected chi connectivity index (χ2v) is 5.76. The molecule has 0 amide bonds. The molecule has 1 aromatic heterocycles. The Morgan fingerprint density at radius 2 is 2.00 bits per heavy atom. The second-order valence-electron chi connectivity index (χ2n) is 5.76. The van der Waals surface area contributed by atoms with Gasteiger partial charge in [-0.1, -0.05) is 30.7 Å². The zero-order chi connectivity index (χ0) is 14.1. The minimum absolute atomic E-state index is 0.0312. The van der Waals surface area contributed by atoms with Crippen LogP contribution in [0.3, 0.4) is 0 Å². The van der Waals surface area contributed by atoms with Crippen molar-refractivity contribution in [2.45, 2.75) is 39.0 Å². The summed E-state index contributed by atoms with van der Waals surface area (Å²) in [5, 5.41) is 0. The summed E-state index contributed by atoms with van der Waals surface area (Å²) in [6.45, 7) is 3.94. The SMILES string of the molecule is Cc1cnc(C(=O)c2cccc(C3CCC3)c2)c(C)c1. The topological polar surface area (TPSA) is 30.0 Å². The Morgan fingerprint density at radius 3 is 2.65 bits per heavy atom. The first-order valence-corrected chi connectivity index (χ1v) is 7.23. The molecule has 3 rings (SSSR count). The third-order valence-electron chi connectivity index (χ3n) is 4.16. The number of benzene rings is 1. The number of rotatable bonds is 3. The molecular formula is C18H19NO. The molecule has 1 saturated carbocycles. The lowest BCUT2D eigenvalue weighted by atomic mass is 9.79. The highest BCUT2D eigenvalue weighted by Gasteiger charge is 2.21. The van der Waals surface area contributed by atoms with E-state index in [0.717, 1.165) is 16.7 Å². The Labute approximate surface area is 119 Å². The fraction of sp³-hybridized carbons (Fsp3) is 0.333. The number of aromatic nitrogens is 1. The Hall–Kier alpha value is -1.96. The summed E-state index contributed by atoms with van der Waals surface area (Å²) in [5.41, 5.74) is 4.66. The van der Waals surface area contributed by atoms with Crippen LogP contribution in [0.25, 0.3) is 0 Å². The van der Waals surface area contributed by atoms with Crippen molar-refractivity contribution in [2.75, 3.05) is 0 Å². The molecule has 102 valence electrons. The third kappa shape index (κ3) is 2.38. The summed E-state index contributed by atoms with van der Waals surface area (Å²) < 4.78 is 0. The molecule has 1 aliphatic carbocycles. The molecule has 1 aromatic carbocycles. The number of hydrogen-bond acceptors (Lipinski definition) is 2. The van der Waals surface area contributed by atoms with Crippen molar-refractivity contribution in [3.05, 3.63) is 64.5 Å². The number of hydrogen-bond donors (Lipinski definition) is 0. The van der Waals surface area contributed by atoms with Crippen molar-refractivity contribution >= 4 is 5.78 Å². The van der Waals surface area contributed by atoms with Crippen LogP contribution in [0.1, 0.15) is 57.9 Å². The van der Waals surface area contributed by atoms with E-state index in [9.17, 15) is 4.79 Å². The zero-order valence-corrected chi connectivity index (χ0v) is 12.0. The molecular weight excluding hydrogens is 246 g/mol. The normalized spacial score (nSPS) is 14.9. The first kappa shape index (κ1) is 13.0. The lowest BCUT2D eigenvalue weighted by molar-refractivity contribution is 0.103. The predicted octanol–water partition coefficient (Wildman–Crippen LogP) is 4.20. The lowest BCUT2D eigenvalue weighted by Crippen LogP contribution is -2.11. The number of pyridine rings is 1. The van der Waals surface area contributed by atoms with Crippen LogP contribution in [0.4, 0.5) is 0 Å². The second kappa shape index (κ2) is 5.20. The van der Waals surface area contributed by atoms with Gasteiger partial charge in [-0.15, -0.1) is 0 Å². The number of carbonyl (C=O) groups excluding carboxylic acids is 1. The van der Waals surface area contributed by atoms with E-state index in [1.807, 2.05) is 38.1 Å². The van der Waals surface area contributed by atoms with Gasteiger partial charge in [0.15, 0.2) is 0 Å². The van der Waals surface area contributed by atoms with E-state index >= 15 is 0 Å². The molecule has 2 nitrogen and oxygen atoms in total. The van der Waals surface area contributed by atoms with E-state index in [-0.39, 0.29) is 5.78 Å². The third-order valence-corrected chi connectivity index (χ3v) is 4.16. The molecule has 2 heteroatoms. The van der Waals surface area contributed by atoms with Crippen LogP contribution >= 0.6 is 0 Å². The molecule has 0 N–H and O–H groups in total. The molecule has 1 fully saturated rings. The molecule has 0 saturated heterocycles. The van der Waals surface area contributed by atoms with Gasteiger partial charge in [0.05, 0.1) is 0 Å². The number of nitrogens with zero attached hydrogens (tertiary/aromatic N) is 1. The van der Waals surface area contributed by atoms with Gasteiger partial charge in [-0.2, -0.15) is 0 Å². The van der Waals surface area contributed by atoms with E-state index < -0.39 is 0 Å². The van der Waals surface area contributed by atoms with E-state index in [2.05, 4.69) is 11.1 Å². The van der Waals surface area contributed by atoms with Gasteiger partial charge in [0.2, 0.25) is 5.78 Å². The number of ketones is 1. The molecule has 0 radical (unpaired) electrons. The van der Waals surface area contributed by atoms with Crippen LogP contribution < -0.4 is 0 Å². The average Bonchev–Trinajstić information content (AvgIpc) is 2.36. The van der Waals surface area contributed by atoms with Gasteiger partial charge in [0.1, 0.15) is 5.69 Å². The van der Waals surface area contributed by atoms with Gasteiger partial charge in [-0.3, -0.25) is 9.78 Å². The van der Waals surface area contributed by atoms with Crippen molar-refractivity contribution in [3.63, 3.8) is 0 Å². The van der Waals surface area contributed by atoms with Crippen molar-refractivity contribution < 1.29 is 4.79 Å². The molecule has 0 unspecified atom stereocenters. The van der Waals surface area contributed by atoms with Crippen molar-refractivity contribution in [2.24, 2.45) is 0 Å². The van der Waals surface area contributed by atoms with Gasteiger partial charge in [-0.25, -0.2) is 0 Å². The van der Waals surface area contributed by atoms with Crippen LogP contribution in [-0.2, 0) is 0 Å². The average molecular weight is 265 g/mol. The standard InChI is InChI=1S/C18H19NO/c1-12-9-13(2)17(19-11-12)18(20)16-8-4-7-15(10-16)14-5-3-6-14/h4,7-11,14H,3,5-6H2,1-2H3. The summed E-state index contributed by atoms with van der Waals surface area (Å²) in [6, 6.07) is 10.1. The predicted molar refractivity (Wildman–Crippen MR) is 80.2 cm³/mol. The quantitative estimate of drug-likeness (QED) is 0.779. The minimum atomic E-state index is 0.0312. The fourth-order valence-corrected chi connectivity index (χ4v) is 2.77. The van der Waals surface area contributed by atoms with Crippen molar-refractivity contribution in [3.8, 4) is 0 Å². The van der Waals surface area contributed by atoms with Gasteiger partial charge in [0.25, 0.3) is 0 Å². The van der Waals surface area contributed by atoms with Crippen LogP contribution in [0.2, 0.25) is 0 Å². The maximum Gasteiger partial charge on any atom is 0.211 e. The van der Waals surface area contributed by atoms with Gasteiger partial charge in [0, 0.05) is 11.8 Å². The largest absolute Gasteiger partial charge is 0.287 e. The highest BCUT2D eigenvalue weighted by molar-refractivity contribution is 6.08. The highest BCUT2D eigenvalue weighted by Crippen LogP contribution is 2.36. The molecule has 20 heavy (non-hydrogen) atoms. The van der Waals surface area contributed by atoms with Gasteiger partial charge in [-0.05, 0) is 55.4 Å². The van der Waals surface area contributed by atoms with E-state index in [1.165, 1.54) is 24.8 Å². The van der Waals surface area contributed by atoms with Gasteiger partial charge >= 0.3 is 0 Å². The zero-order valence-electron chi connectivity index (χ0n) is 12.0. The van der Waals surface area contributed by atoms with Crippen LogP contribution in [0.5, 0.6) is 0 Å². The first-order chi connectivity index (χ1) is 9.65. The minimum Gasteiger partial charge on any atom is -0.287 e. The Bertz CT molecular complexity index is 656. The van der Waals surface area contributed by atoms with Crippen molar-refractivity contribution in [1.82, 2.24) is 4.98 Å². The van der Waals surface area contributed by atoms with E-state index in [1.54, 1.807) is 6.20 Å². The first-order valence-electron chi connectivity index (χ1n) is 7.23. The maximum absolute atomic E-state index is 12.6. The number of aryl methyl sites for hydroxylation is 2. The molecule has 1 aliphatic rings. The molecule has 2 aromatic rings. The van der Waals surface area contributed by atoms with Crippen molar-refractivity contribution in [1.29, 1.82) is 0 Å². The van der Waals surface area contributed by atoms with Gasteiger partial charge < -0.3 is 0 Å². The fourth-order valence-electron chi connectivity index (χ4n) is 2.77. The molecule has 1 heterocycles. The lowest BCUT2D eigenvalue weighted by Gasteiger charge is -2.26. The molecule has 0 bridgehead atoms. The summed E-state index contributed by atoms with van der Waals surface area (Å²) in [4.78, 5) is 16.9. The smallest absolute Gasteiger partial charge is 0.211 e. The maximum atomic E-state index is 12.6. The molecule has 0 atom stereocenters. The summed E-state index contributed by atoms with van der Waals surface area (Å²) in [5.74, 6) is 0.679. The van der Waals surface area contributed by atoms with Crippen LogP contribution in [0.15, 0.2) is 36.5 Å². The molecule has 0 spiro atoms. The Balaban J connectivity index is 1.93.